The van der Waals surface area contributed by atoms with Gasteiger partial charge in [-0.15, -0.1) is 0 Å². The van der Waals surface area contributed by atoms with E-state index in [2.05, 4.69) is 6.92 Å². The van der Waals surface area contributed by atoms with E-state index in [1.807, 2.05) is 6.07 Å². The molecule has 2 aromatic heterocycles. The number of benzene rings is 1. The van der Waals surface area contributed by atoms with Crippen molar-refractivity contribution in [2.45, 2.75) is 58.3 Å². The normalized spacial score (nSPS) is 19.7. The molecule has 9 heteroatoms. The first-order valence-electron chi connectivity index (χ1n) is 11.6. The molecule has 0 radical (unpaired) electrons. The van der Waals surface area contributed by atoms with Gasteiger partial charge in [0, 0.05) is 22.6 Å². The number of cyclic esters (lactones) is 1. The first-order valence-corrected chi connectivity index (χ1v) is 11.6. The zero-order valence-corrected chi connectivity index (χ0v) is 19.1. The summed E-state index contributed by atoms with van der Waals surface area (Å²) in [5, 5.41) is 11.9. The van der Waals surface area contributed by atoms with Crippen LogP contribution < -0.4 is 20.8 Å². The minimum Gasteiger partial charge on any atom is -0.458 e. The van der Waals surface area contributed by atoms with E-state index in [9.17, 15) is 14.7 Å². The van der Waals surface area contributed by atoms with Crippen LogP contribution in [0.1, 0.15) is 55.4 Å². The number of anilines is 1. The summed E-state index contributed by atoms with van der Waals surface area (Å²) >= 11 is 0. The van der Waals surface area contributed by atoms with Crippen molar-refractivity contribution in [3.8, 4) is 22.9 Å². The average Bonchev–Trinajstić information content (AvgIpc) is 3.45. The van der Waals surface area contributed by atoms with Crippen molar-refractivity contribution in [3.63, 3.8) is 0 Å². The molecule has 3 N–H and O–H groups in total. The number of hydrogen-bond donors (Lipinski definition) is 2. The zero-order valence-electron chi connectivity index (χ0n) is 19.1. The van der Waals surface area contributed by atoms with Gasteiger partial charge < -0.3 is 29.6 Å². The van der Waals surface area contributed by atoms with Crippen LogP contribution in [0.5, 0.6) is 11.5 Å². The van der Waals surface area contributed by atoms with Gasteiger partial charge in [-0.3, -0.25) is 4.79 Å². The Morgan fingerprint density at radius 3 is 2.76 bits per heavy atom. The number of nitrogens with zero attached hydrogens (tertiary/aromatic N) is 2. The topological polar surface area (TPSA) is 126 Å². The van der Waals surface area contributed by atoms with E-state index in [4.69, 9.17) is 24.9 Å². The van der Waals surface area contributed by atoms with Crippen LogP contribution in [0.25, 0.3) is 22.3 Å². The van der Waals surface area contributed by atoms with Crippen molar-refractivity contribution < 1.29 is 24.1 Å². The number of ether oxygens (including phenoxy) is 3. The summed E-state index contributed by atoms with van der Waals surface area (Å²) in [5.41, 5.74) is 9.38. The van der Waals surface area contributed by atoms with Crippen LogP contribution in [0, 0.1) is 0 Å². The number of nitrogens with two attached hydrogens (primary N) is 1. The molecule has 5 heterocycles. The molecule has 1 atom stereocenters. The summed E-state index contributed by atoms with van der Waals surface area (Å²) in [6.45, 7) is 4.10. The summed E-state index contributed by atoms with van der Waals surface area (Å²) in [6, 6.07) is 3.55. The molecule has 3 aromatic rings. The molecule has 0 unspecified atom stereocenters. The third-order valence-electron chi connectivity index (χ3n) is 7.25. The average molecular weight is 463 g/mol. The molecule has 3 aliphatic heterocycles. The third kappa shape index (κ3) is 2.61. The van der Waals surface area contributed by atoms with Crippen molar-refractivity contribution in [3.05, 3.63) is 44.7 Å². The van der Waals surface area contributed by atoms with Gasteiger partial charge in [-0.05, 0) is 30.9 Å². The second-order valence-corrected chi connectivity index (χ2v) is 9.04. The predicted octanol–water partition coefficient (Wildman–Crippen LogP) is 2.73. The lowest BCUT2D eigenvalue weighted by Crippen LogP contribution is -2.44. The van der Waals surface area contributed by atoms with Crippen LogP contribution in [0.4, 0.5) is 5.69 Å². The fourth-order valence-electron chi connectivity index (χ4n) is 5.36. The molecular weight excluding hydrogens is 438 g/mol. The van der Waals surface area contributed by atoms with Crippen molar-refractivity contribution in [2.75, 3.05) is 12.5 Å². The number of fused-ring (bicyclic) bond motifs is 6. The molecule has 0 bridgehead atoms. The standard InChI is InChI=1S/C25H25N3O6/c1-3-5-6-12-13-9-28-17(7-15-14(23(28)29)10-32-24(30)25(15,31)4-2)21(13)27-16-8-18-22(34-11-33-18)20(26)19(12)16/h7-8,31H,3-6,9-11,26H2,1-2H3/t25-/m0/s1. The number of unbranched alkanes of at least 4 members (excludes halogenated alkanes) is 1. The number of aryl methyl sites for hydroxylation is 1. The number of carbonyl (C=O) groups is 1. The Balaban J connectivity index is 1.65. The Kier molecular flexibility index (Phi) is 4.44. The van der Waals surface area contributed by atoms with Crippen molar-refractivity contribution in [2.24, 2.45) is 0 Å². The van der Waals surface area contributed by atoms with Crippen molar-refractivity contribution >= 4 is 22.6 Å². The molecule has 176 valence electrons. The number of esters is 1. The lowest BCUT2D eigenvalue weighted by molar-refractivity contribution is -0.172. The lowest BCUT2D eigenvalue weighted by atomic mass is 9.86. The van der Waals surface area contributed by atoms with Gasteiger partial charge in [0.05, 0.1) is 34.7 Å². The van der Waals surface area contributed by atoms with Crippen LogP contribution >= 0.6 is 0 Å². The minimum atomic E-state index is -1.86. The maximum Gasteiger partial charge on any atom is 0.343 e. The molecule has 0 saturated heterocycles. The summed E-state index contributed by atoms with van der Waals surface area (Å²) in [4.78, 5) is 30.8. The number of pyridine rings is 2. The number of aliphatic hydroxyl groups is 1. The lowest BCUT2D eigenvalue weighted by Gasteiger charge is -2.31. The second kappa shape index (κ2) is 7.20. The van der Waals surface area contributed by atoms with E-state index in [1.54, 1.807) is 17.6 Å². The summed E-state index contributed by atoms with van der Waals surface area (Å²) < 4.78 is 18.0. The third-order valence-corrected chi connectivity index (χ3v) is 7.25. The molecule has 9 nitrogen and oxygen atoms in total. The fraction of sp³-hybridized carbons (Fsp3) is 0.400. The van der Waals surface area contributed by atoms with Gasteiger partial charge in [0.2, 0.25) is 6.79 Å². The van der Waals surface area contributed by atoms with Crippen LogP contribution in [0.3, 0.4) is 0 Å². The molecule has 6 rings (SSSR count). The largest absolute Gasteiger partial charge is 0.458 e. The fourth-order valence-corrected chi connectivity index (χ4v) is 5.36. The van der Waals surface area contributed by atoms with Gasteiger partial charge in [-0.1, -0.05) is 20.3 Å². The highest BCUT2D eigenvalue weighted by Gasteiger charge is 2.45. The van der Waals surface area contributed by atoms with E-state index in [-0.39, 0.29) is 25.4 Å². The van der Waals surface area contributed by atoms with E-state index >= 15 is 0 Å². The first-order chi connectivity index (χ1) is 16.4. The van der Waals surface area contributed by atoms with Gasteiger partial charge in [0.1, 0.15) is 6.61 Å². The number of hydrogen-bond acceptors (Lipinski definition) is 8. The van der Waals surface area contributed by atoms with Gasteiger partial charge in [-0.25, -0.2) is 9.78 Å². The quantitative estimate of drug-likeness (QED) is 0.350. The maximum atomic E-state index is 13.5. The number of nitrogen functional groups attached to an aromatic ring is 1. The van der Waals surface area contributed by atoms with E-state index in [0.29, 0.717) is 51.8 Å². The van der Waals surface area contributed by atoms with Crippen LogP contribution in [-0.4, -0.2) is 27.4 Å². The smallest absolute Gasteiger partial charge is 0.343 e. The molecule has 0 saturated carbocycles. The summed E-state index contributed by atoms with van der Waals surface area (Å²) in [5.74, 6) is 0.335. The molecule has 0 aliphatic carbocycles. The minimum absolute atomic E-state index is 0.0987. The molecule has 0 fully saturated rings. The maximum absolute atomic E-state index is 13.5. The van der Waals surface area contributed by atoms with Crippen molar-refractivity contribution in [1.29, 1.82) is 0 Å². The summed E-state index contributed by atoms with van der Waals surface area (Å²) in [6.07, 6.45) is 2.80. The van der Waals surface area contributed by atoms with Gasteiger partial charge >= 0.3 is 5.97 Å². The highest BCUT2D eigenvalue weighted by molar-refractivity contribution is 6.01. The number of rotatable bonds is 4. The van der Waals surface area contributed by atoms with Crippen LogP contribution in [0.2, 0.25) is 0 Å². The number of carbonyl (C=O) groups excluding carboxylic acids is 1. The molecule has 1 aromatic carbocycles. The van der Waals surface area contributed by atoms with Gasteiger partial charge in [0.25, 0.3) is 5.56 Å². The SMILES string of the molecule is CCCCc1c2c(nc3cc4c(c(N)c13)OCO4)-c1cc3c(c(=O)n1C2)COC(=O)[C@]3(O)CC. The van der Waals surface area contributed by atoms with E-state index < -0.39 is 11.6 Å². The van der Waals surface area contributed by atoms with E-state index in [1.165, 1.54) is 0 Å². The Morgan fingerprint density at radius 2 is 2.00 bits per heavy atom. The Bertz CT molecular complexity index is 1460. The van der Waals surface area contributed by atoms with Crippen molar-refractivity contribution in [1.82, 2.24) is 9.55 Å². The Hall–Kier alpha value is -3.59. The van der Waals surface area contributed by atoms with E-state index in [0.717, 1.165) is 35.8 Å². The molecule has 0 amide bonds. The Labute approximate surface area is 195 Å². The highest BCUT2D eigenvalue weighted by atomic mass is 16.7. The summed E-state index contributed by atoms with van der Waals surface area (Å²) in [7, 11) is 0. The predicted molar refractivity (Wildman–Crippen MR) is 124 cm³/mol. The molecule has 34 heavy (non-hydrogen) atoms. The van der Waals surface area contributed by atoms with Crippen LogP contribution in [-0.2, 0) is 34.7 Å². The Morgan fingerprint density at radius 1 is 1.18 bits per heavy atom. The first kappa shape index (κ1) is 21.0. The zero-order chi connectivity index (χ0) is 23.8. The molecular formula is C25H25N3O6. The van der Waals surface area contributed by atoms with Crippen LogP contribution in [0.15, 0.2) is 16.9 Å². The molecule has 0 spiro atoms. The second-order valence-electron chi connectivity index (χ2n) is 9.04. The molecule has 3 aliphatic rings. The van der Waals surface area contributed by atoms with Gasteiger partial charge in [-0.2, -0.15) is 0 Å². The van der Waals surface area contributed by atoms with Gasteiger partial charge in [0.15, 0.2) is 17.1 Å². The number of aromatic nitrogens is 2. The highest BCUT2D eigenvalue weighted by Crippen LogP contribution is 2.47. The monoisotopic (exact) mass is 463 g/mol.